The molecule has 4 rings (SSSR count). The van der Waals surface area contributed by atoms with Gasteiger partial charge in [0.2, 0.25) is 0 Å². The van der Waals surface area contributed by atoms with E-state index >= 15 is 0 Å². The molecule has 2 aromatic heterocycles. The van der Waals surface area contributed by atoms with Crippen LogP contribution in [0.1, 0.15) is 5.69 Å². The molecule has 1 atom stereocenters. The van der Waals surface area contributed by atoms with Gasteiger partial charge in [-0.3, -0.25) is 19.2 Å². The molecule has 0 aliphatic carbocycles. The first kappa shape index (κ1) is 21.5. The molecule has 11 nitrogen and oxygen atoms in total. The van der Waals surface area contributed by atoms with Gasteiger partial charge in [-0.25, -0.2) is 9.75 Å². The number of anilines is 1. The molecule has 3 aromatic rings. The minimum atomic E-state index is -0.727. The zero-order chi connectivity index (χ0) is 22.0. The Hall–Kier alpha value is -2.70. The molecule has 0 radical (unpaired) electrons. The molecule has 1 unspecified atom stereocenters. The first-order valence-corrected chi connectivity index (χ1v) is 9.94. The van der Waals surface area contributed by atoms with Gasteiger partial charge in [0, 0.05) is 24.7 Å². The van der Waals surface area contributed by atoms with Crippen molar-refractivity contribution in [1.82, 2.24) is 29.8 Å². The van der Waals surface area contributed by atoms with Crippen molar-refractivity contribution in [3.05, 3.63) is 52.5 Å². The first-order valence-electron chi connectivity index (χ1n) is 9.18. The van der Waals surface area contributed by atoms with Gasteiger partial charge in [-0.2, -0.15) is 5.10 Å². The van der Waals surface area contributed by atoms with Crippen molar-refractivity contribution in [1.29, 1.82) is 0 Å². The number of rotatable bonds is 6. The van der Waals surface area contributed by atoms with E-state index in [2.05, 4.69) is 15.4 Å². The van der Waals surface area contributed by atoms with Crippen LogP contribution in [0.2, 0.25) is 10.2 Å². The van der Waals surface area contributed by atoms with Gasteiger partial charge in [0.15, 0.2) is 18.6 Å². The number of hydrogen-bond acceptors (Lipinski definition) is 9. The van der Waals surface area contributed by atoms with E-state index in [1.807, 2.05) is 6.07 Å². The van der Waals surface area contributed by atoms with Crippen molar-refractivity contribution in [2.45, 2.75) is 12.5 Å². The van der Waals surface area contributed by atoms with Crippen LogP contribution in [0.15, 0.2) is 36.7 Å². The maximum absolute atomic E-state index is 12.4. The van der Waals surface area contributed by atoms with E-state index in [4.69, 9.17) is 37.6 Å². The van der Waals surface area contributed by atoms with Crippen LogP contribution in [-0.2, 0) is 32.7 Å². The van der Waals surface area contributed by atoms with Gasteiger partial charge in [0.05, 0.1) is 30.4 Å². The standard InChI is InChI=1S/C18H19Cl2N7O4/c1-24-6-5-13(22-24)8-16(18(28)29-2)27-11-30-26(10-31-27)15-7-12(19)3-4-14(15)25-9-17(20)21-23-25/h3-7,9,16H,8,10-11H2,1-2H3. The summed E-state index contributed by atoms with van der Waals surface area (Å²) in [6, 6.07) is 6.28. The van der Waals surface area contributed by atoms with Crippen LogP contribution in [0.5, 0.6) is 0 Å². The lowest BCUT2D eigenvalue weighted by Crippen LogP contribution is -2.51. The number of benzene rings is 1. The third-order valence-corrected chi connectivity index (χ3v) is 5.00. The van der Waals surface area contributed by atoms with Crippen LogP contribution in [0.3, 0.4) is 0 Å². The Labute approximate surface area is 187 Å². The average molecular weight is 468 g/mol. The average Bonchev–Trinajstić information content (AvgIpc) is 3.39. The lowest BCUT2D eigenvalue weighted by molar-refractivity contribution is -0.283. The molecule has 0 N–H and O–H groups in total. The summed E-state index contributed by atoms with van der Waals surface area (Å²) in [7, 11) is 3.13. The highest BCUT2D eigenvalue weighted by Gasteiger charge is 2.33. The molecule has 1 saturated heterocycles. The lowest BCUT2D eigenvalue weighted by Gasteiger charge is -2.37. The van der Waals surface area contributed by atoms with Gasteiger partial charge in [0.25, 0.3) is 0 Å². The third-order valence-electron chi connectivity index (χ3n) is 4.59. The van der Waals surface area contributed by atoms with E-state index in [1.165, 1.54) is 21.9 Å². The summed E-state index contributed by atoms with van der Waals surface area (Å²) in [6.45, 7) is -0.0395. The highest BCUT2D eigenvalue weighted by molar-refractivity contribution is 6.31. The van der Waals surface area contributed by atoms with E-state index in [0.717, 1.165) is 5.69 Å². The zero-order valence-electron chi connectivity index (χ0n) is 16.7. The monoisotopic (exact) mass is 467 g/mol. The molecule has 0 bridgehead atoms. The van der Waals surface area contributed by atoms with Crippen LogP contribution >= 0.6 is 23.2 Å². The number of ether oxygens (including phenoxy) is 1. The second-order valence-corrected chi connectivity index (χ2v) is 7.48. The molecule has 31 heavy (non-hydrogen) atoms. The van der Waals surface area contributed by atoms with E-state index in [0.29, 0.717) is 22.8 Å². The molecular weight excluding hydrogens is 449 g/mol. The normalized spacial score (nSPS) is 15.8. The number of methoxy groups -OCH3 is 1. The Balaban J connectivity index is 1.51. The maximum atomic E-state index is 12.4. The van der Waals surface area contributed by atoms with E-state index in [9.17, 15) is 4.79 Å². The Kier molecular flexibility index (Phi) is 6.39. The smallest absolute Gasteiger partial charge is 0.326 e. The predicted octanol–water partition coefficient (Wildman–Crippen LogP) is 1.99. The van der Waals surface area contributed by atoms with Crippen molar-refractivity contribution < 1.29 is 19.2 Å². The minimum Gasteiger partial charge on any atom is -0.468 e. The van der Waals surface area contributed by atoms with Gasteiger partial charge in [0.1, 0.15) is 6.04 Å². The van der Waals surface area contributed by atoms with Gasteiger partial charge in [-0.05, 0) is 24.3 Å². The fourth-order valence-corrected chi connectivity index (χ4v) is 3.40. The van der Waals surface area contributed by atoms with Crippen molar-refractivity contribution >= 4 is 34.9 Å². The van der Waals surface area contributed by atoms with Crippen LogP contribution in [0.4, 0.5) is 5.69 Å². The number of hydroxylamine groups is 3. The quantitative estimate of drug-likeness (QED) is 0.503. The van der Waals surface area contributed by atoms with Crippen LogP contribution in [0.25, 0.3) is 5.69 Å². The number of esters is 1. The Morgan fingerprint density at radius 1 is 1.23 bits per heavy atom. The van der Waals surface area contributed by atoms with Gasteiger partial charge in [-0.15, -0.1) is 10.2 Å². The lowest BCUT2D eigenvalue weighted by atomic mass is 10.1. The van der Waals surface area contributed by atoms with Crippen molar-refractivity contribution in [3.8, 4) is 5.69 Å². The Morgan fingerprint density at radius 3 is 2.68 bits per heavy atom. The molecule has 1 aromatic carbocycles. The molecule has 1 aliphatic heterocycles. The SMILES string of the molecule is COC(=O)C(Cc1ccn(C)n1)N1CON(c2cc(Cl)ccc2-n2cc(Cl)nn2)CO1. The number of aromatic nitrogens is 5. The van der Waals surface area contributed by atoms with Crippen molar-refractivity contribution in [2.24, 2.45) is 7.05 Å². The molecule has 0 amide bonds. The Morgan fingerprint density at radius 2 is 2.06 bits per heavy atom. The summed E-state index contributed by atoms with van der Waals surface area (Å²) in [5.41, 5.74) is 1.95. The summed E-state index contributed by atoms with van der Waals surface area (Å²) in [4.78, 5) is 24.1. The number of carbonyl (C=O) groups excluding carboxylic acids is 1. The zero-order valence-corrected chi connectivity index (χ0v) is 18.2. The van der Waals surface area contributed by atoms with Crippen LogP contribution in [-0.4, -0.2) is 62.4 Å². The highest BCUT2D eigenvalue weighted by Crippen LogP contribution is 2.30. The second kappa shape index (κ2) is 9.20. The molecule has 0 spiro atoms. The fraction of sp³-hybridized carbons (Fsp3) is 0.333. The molecule has 1 aliphatic rings. The van der Waals surface area contributed by atoms with E-state index in [-0.39, 0.29) is 18.6 Å². The fourth-order valence-electron chi connectivity index (χ4n) is 3.11. The molecule has 1 fully saturated rings. The van der Waals surface area contributed by atoms with Gasteiger partial charge in [-0.1, -0.05) is 28.4 Å². The van der Waals surface area contributed by atoms with Crippen LogP contribution < -0.4 is 5.06 Å². The second-order valence-electron chi connectivity index (χ2n) is 6.65. The highest BCUT2D eigenvalue weighted by atomic mass is 35.5. The molecular formula is C18H19Cl2N7O4. The summed E-state index contributed by atoms with van der Waals surface area (Å²) in [6.07, 6.45) is 3.67. The van der Waals surface area contributed by atoms with Crippen molar-refractivity contribution in [2.75, 3.05) is 25.6 Å². The molecule has 3 heterocycles. The topological polar surface area (TPSA) is 99.8 Å². The summed E-state index contributed by atoms with van der Waals surface area (Å²) in [5, 5.41) is 15.8. The third kappa shape index (κ3) is 4.81. The minimum absolute atomic E-state index is 0.00845. The summed E-state index contributed by atoms with van der Waals surface area (Å²) >= 11 is 12.1. The van der Waals surface area contributed by atoms with Gasteiger partial charge < -0.3 is 4.74 Å². The van der Waals surface area contributed by atoms with E-state index < -0.39 is 12.0 Å². The van der Waals surface area contributed by atoms with Crippen LogP contribution in [0, 0.1) is 0 Å². The number of halogens is 2. The summed E-state index contributed by atoms with van der Waals surface area (Å²) in [5.74, 6) is -0.455. The van der Waals surface area contributed by atoms with Crippen molar-refractivity contribution in [3.63, 3.8) is 0 Å². The molecule has 164 valence electrons. The largest absolute Gasteiger partial charge is 0.468 e. The molecule has 13 heteroatoms. The number of carbonyl (C=O) groups is 1. The van der Waals surface area contributed by atoms with Gasteiger partial charge >= 0.3 is 5.97 Å². The predicted molar refractivity (Wildman–Crippen MR) is 110 cm³/mol. The number of aryl methyl sites for hydroxylation is 1. The number of nitrogens with zero attached hydrogens (tertiary/aromatic N) is 7. The summed E-state index contributed by atoms with van der Waals surface area (Å²) < 4.78 is 8.10. The first-order chi connectivity index (χ1) is 14.9. The van der Waals surface area contributed by atoms with E-state index in [1.54, 1.807) is 42.3 Å². The Bertz CT molecular complexity index is 1060. The molecule has 0 saturated carbocycles. The maximum Gasteiger partial charge on any atom is 0.326 e. The number of hydrogen-bond donors (Lipinski definition) is 0.